The second-order valence-corrected chi connectivity index (χ2v) is 2.79. The van der Waals surface area contributed by atoms with Crippen molar-refractivity contribution in [2.45, 2.75) is 6.92 Å². The van der Waals surface area contributed by atoms with Crippen LogP contribution in [0.15, 0.2) is 36.7 Å². The molecule has 1 aromatic rings. The minimum Gasteiger partial charge on any atom is -0.394 e. The molecule has 68 valence electrons. The molecule has 0 saturated carbocycles. The van der Waals surface area contributed by atoms with Crippen LogP contribution in [0, 0.1) is 6.92 Å². The predicted molar refractivity (Wildman–Crippen MR) is 50.0 cm³/mol. The standard InChI is InChI=1S/C9H11N3O/c1-8-4-2-3-5-9(8)10-12-6-7-13-11-12/h2-7,10-11H,1H3. The van der Waals surface area contributed by atoms with Crippen LogP contribution in [0.2, 0.25) is 0 Å². The van der Waals surface area contributed by atoms with Gasteiger partial charge >= 0.3 is 0 Å². The maximum Gasteiger partial charge on any atom is 0.133 e. The van der Waals surface area contributed by atoms with Gasteiger partial charge in [0.1, 0.15) is 6.26 Å². The molecule has 0 atom stereocenters. The average molecular weight is 177 g/mol. The Bertz CT molecular complexity index is 324. The van der Waals surface area contributed by atoms with Gasteiger partial charge in [0.05, 0.1) is 11.9 Å². The Morgan fingerprint density at radius 2 is 2.23 bits per heavy atom. The predicted octanol–water partition coefficient (Wildman–Crippen LogP) is 1.54. The highest BCUT2D eigenvalue weighted by Crippen LogP contribution is 2.14. The van der Waals surface area contributed by atoms with Crippen molar-refractivity contribution in [1.29, 1.82) is 0 Å². The third-order valence-corrected chi connectivity index (χ3v) is 1.81. The summed E-state index contributed by atoms with van der Waals surface area (Å²) in [5.74, 6) is 0. The summed E-state index contributed by atoms with van der Waals surface area (Å²) in [5, 5.41) is 1.64. The molecule has 4 nitrogen and oxygen atoms in total. The van der Waals surface area contributed by atoms with E-state index >= 15 is 0 Å². The minimum absolute atomic E-state index is 1.05. The van der Waals surface area contributed by atoms with Crippen molar-refractivity contribution < 1.29 is 4.84 Å². The van der Waals surface area contributed by atoms with Crippen molar-refractivity contribution in [3.63, 3.8) is 0 Å². The molecule has 13 heavy (non-hydrogen) atoms. The Labute approximate surface area is 76.7 Å². The fourth-order valence-corrected chi connectivity index (χ4v) is 1.10. The first-order valence-corrected chi connectivity index (χ1v) is 4.06. The molecule has 0 saturated heterocycles. The molecule has 1 aliphatic rings. The van der Waals surface area contributed by atoms with E-state index in [2.05, 4.69) is 11.0 Å². The number of nitrogens with one attached hydrogen (secondary N) is 2. The molecule has 0 fully saturated rings. The number of aryl methyl sites for hydroxylation is 1. The second kappa shape index (κ2) is 3.37. The van der Waals surface area contributed by atoms with Gasteiger partial charge in [0.15, 0.2) is 0 Å². The van der Waals surface area contributed by atoms with Gasteiger partial charge in [0, 0.05) is 0 Å². The zero-order valence-electron chi connectivity index (χ0n) is 7.32. The van der Waals surface area contributed by atoms with E-state index in [1.54, 1.807) is 17.6 Å². The quantitative estimate of drug-likeness (QED) is 0.718. The van der Waals surface area contributed by atoms with E-state index in [0.717, 1.165) is 5.69 Å². The molecule has 4 heteroatoms. The van der Waals surface area contributed by atoms with Crippen LogP contribution in [-0.2, 0) is 4.84 Å². The van der Waals surface area contributed by atoms with Crippen molar-refractivity contribution in [3.05, 3.63) is 42.3 Å². The largest absolute Gasteiger partial charge is 0.394 e. The number of hydrazine groups is 2. The van der Waals surface area contributed by atoms with Crippen LogP contribution < -0.4 is 11.0 Å². The molecule has 0 radical (unpaired) electrons. The van der Waals surface area contributed by atoms with Gasteiger partial charge in [-0.1, -0.05) is 18.2 Å². The molecule has 0 amide bonds. The summed E-state index contributed by atoms with van der Waals surface area (Å²) in [7, 11) is 0. The average Bonchev–Trinajstić information content (AvgIpc) is 2.61. The summed E-state index contributed by atoms with van der Waals surface area (Å²) in [6, 6.07) is 8.03. The molecule has 0 bridgehead atoms. The van der Waals surface area contributed by atoms with Crippen LogP contribution >= 0.6 is 0 Å². The highest BCUT2D eigenvalue weighted by molar-refractivity contribution is 5.49. The van der Waals surface area contributed by atoms with Crippen LogP contribution in [0.1, 0.15) is 5.56 Å². The van der Waals surface area contributed by atoms with Gasteiger partial charge in [0.2, 0.25) is 0 Å². The number of nitrogens with zero attached hydrogens (tertiary/aromatic N) is 1. The summed E-state index contributed by atoms with van der Waals surface area (Å²) in [5.41, 5.74) is 7.99. The number of rotatable bonds is 2. The Balaban J connectivity index is 2.09. The fraction of sp³-hybridized carbons (Fsp3) is 0.111. The smallest absolute Gasteiger partial charge is 0.133 e. The number of benzene rings is 1. The van der Waals surface area contributed by atoms with E-state index in [1.165, 1.54) is 5.56 Å². The number of para-hydroxylation sites is 1. The van der Waals surface area contributed by atoms with Gasteiger partial charge in [-0.15, -0.1) is 0 Å². The molecule has 2 N–H and O–H groups in total. The summed E-state index contributed by atoms with van der Waals surface area (Å²) in [6.45, 7) is 2.04. The van der Waals surface area contributed by atoms with Gasteiger partial charge < -0.3 is 4.84 Å². The normalized spacial score (nSPS) is 14.4. The summed E-state index contributed by atoms with van der Waals surface area (Å²) < 4.78 is 0. The first-order chi connectivity index (χ1) is 6.36. The van der Waals surface area contributed by atoms with Crippen molar-refractivity contribution in [1.82, 2.24) is 10.7 Å². The highest BCUT2D eigenvalue weighted by atomic mass is 16.7. The number of hydrogen-bond acceptors (Lipinski definition) is 4. The van der Waals surface area contributed by atoms with Gasteiger partial charge in [0.25, 0.3) is 0 Å². The number of hydrogen-bond donors (Lipinski definition) is 2. The zero-order chi connectivity index (χ0) is 9.10. The highest BCUT2D eigenvalue weighted by Gasteiger charge is 2.04. The van der Waals surface area contributed by atoms with Gasteiger partial charge in [-0.2, -0.15) is 5.12 Å². The summed E-state index contributed by atoms with van der Waals surface area (Å²) in [6.07, 6.45) is 3.32. The Hall–Kier alpha value is -1.68. The van der Waals surface area contributed by atoms with Crippen molar-refractivity contribution in [2.24, 2.45) is 0 Å². The molecule has 1 aliphatic heterocycles. The lowest BCUT2D eigenvalue weighted by Gasteiger charge is -2.17. The topological polar surface area (TPSA) is 36.5 Å². The van der Waals surface area contributed by atoms with Crippen LogP contribution in [-0.4, -0.2) is 5.12 Å². The van der Waals surface area contributed by atoms with E-state index in [1.807, 2.05) is 31.2 Å². The second-order valence-electron chi connectivity index (χ2n) is 2.79. The first kappa shape index (κ1) is 7.94. The molecule has 0 spiro atoms. The SMILES string of the molecule is Cc1ccccc1NN1C=CON1. The molecule has 2 rings (SSSR count). The van der Waals surface area contributed by atoms with Crippen molar-refractivity contribution in [2.75, 3.05) is 5.43 Å². The van der Waals surface area contributed by atoms with Gasteiger partial charge in [-0.25, -0.2) is 0 Å². The molecule has 0 aromatic heterocycles. The van der Waals surface area contributed by atoms with E-state index < -0.39 is 0 Å². The lowest BCUT2D eigenvalue weighted by molar-refractivity contribution is 0.0513. The third-order valence-electron chi connectivity index (χ3n) is 1.81. The monoisotopic (exact) mass is 177 g/mol. The molecule has 0 aliphatic carbocycles. The van der Waals surface area contributed by atoms with Gasteiger partial charge in [-0.3, -0.25) is 5.43 Å². The number of anilines is 1. The van der Waals surface area contributed by atoms with Crippen LogP contribution in [0.3, 0.4) is 0 Å². The third kappa shape index (κ3) is 1.73. The Kier molecular flexibility index (Phi) is 2.06. The Morgan fingerprint density at radius 3 is 2.92 bits per heavy atom. The molecule has 1 heterocycles. The molecular formula is C9H11N3O. The van der Waals surface area contributed by atoms with E-state index in [4.69, 9.17) is 4.84 Å². The van der Waals surface area contributed by atoms with E-state index in [0.29, 0.717) is 0 Å². The lowest BCUT2D eigenvalue weighted by atomic mass is 10.2. The van der Waals surface area contributed by atoms with E-state index in [-0.39, 0.29) is 0 Å². The minimum atomic E-state index is 1.05. The van der Waals surface area contributed by atoms with Crippen LogP contribution in [0.4, 0.5) is 5.69 Å². The summed E-state index contributed by atoms with van der Waals surface area (Å²) >= 11 is 0. The fourth-order valence-electron chi connectivity index (χ4n) is 1.10. The van der Waals surface area contributed by atoms with Crippen LogP contribution in [0.25, 0.3) is 0 Å². The summed E-state index contributed by atoms with van der Waals surface area (Å²) in [4.78, 5) is 4.80. The van der Waals surface area contributed by atoms with Crippen molar-refractivity contribution in [3.8, 4) is 0 Å². The maximum absolute atomic E-state index is 4.80. The first-order valence-electron chi connectivity index (χ1n) is 4.06. The zero-order valence-corrected chi connectivity index (χ0v) is 7.32. The van der Waals surface area contributed by atoms with Crippen LogP contribution in [0.5, 0.6) is 0 Å². The molecular weight excluding hydrogens is 166 g/mol. The maximum atomic E-state index is 4.80. The van der Waals surface area contributed by atoms with E-state index in [9.17, 15) is 0 Å². The van der Waals surface area contributed by atoms with Gasteiger partial charge in [-0.05, 0) is 24.1 Å². The Morgan fingerprint density at radius 1 is 1.38 bits per heavy atom. The van der Waals surface area contributed by atoms with Crippen molar-refractivity contribution >= 4 is 5.69 Å². The molecule has 0 unspecified atom stereocenters. The molecule has 1 aromatic carbocycles. The lowest BCUT2D eigenvalue weighted by Crippen LogP contribution is -2.33.